The molecule has 0 radical (unpaired) electrons. The molecule has 2 amide bonds. The van der Waals surface area contributed by atoms with Gasteiger partial charge in [0.15, 0.2) is 0 Å². The zero-order valence-corrected chi connectivity index (χ0v) is 12.4. The number of para-hydroxylation sites is 1. The monoisotopic (exact) mass is 292 g/mol. The van der Waals surface area contributed by atoms with Crippen LogP contribution in [0.2, 0.25) is 0 Å². The summed E-state index contributed by atoms with van der Waals surface area (Å²) in [6.07, 6.45) is 6.43. The van der Waals surface area contributed by atoms with Crippen molar-refractivity contribution in [3.8, 4) is 0 Å². The van der Waals surface area contributed by atoms with Gasteiger partial charge in [0.05, 0.1) is 0 Å². The van der Waals surface area contributed by atoms with Gasteiger partial charge in [-0.15, -0.1) is 0 Å². The minimum absolute atomic E-state index is 0.104. The van der Waals surface area contributed by atoms with E-state index in [2.05, 4.69) is 16.9 Å². The Hall–Kier alpha value is -1.49. The molecule has 0 aliphatic heterocycles. The van der Waals surface area contributed by atoms with Gasteiger partial charge in [-0.1, -0.05) is 31.0 Å². The van der Waals surface area contributed by atoms with Crippen LogP contribution in [0.15, 0.2) is 30.3 Å². The molecule has 1 saturated carbocycles. The highest BCUT2D eigenvalue weighted by atomic mass is 32.2. The fraction of sp³-hybridized carbons (Fsp3) is 0.467. The summed E-state index contributed by atoms with van der Waals surface area (Å²) in [6, 6.07) is 9.12. The van der Waals surface area contributed by atoms with Crippen molar-refractivity contribution in [3.05, 3.63) is 30.3 Å². The number of benzene rings is 1. The van der Waals surface area contributed by atoms with E-state index < -0.39 is 11.8 Å². The Labute approximate surface area is 123 Å². The Bertz CT molecular complexity index is 464. The smallest absolute Gasteiger partial charge is 0.313 e. The van der Waals surface area contributed by atoms with Crippen LogP contribution in [0.3, 0.4) is 0 Å². The van der Waals surface area contributed by atoms with E-state index >= 15 is 0 Å². The first kappa shape index (κ1) is 14.9. The van der Waals surface area contributed by atoms with Crippen LogP contribution in [0.1, 0.15) is 25.7 Å². The second-order valence-electron chi connectivity index (χ2n) is 4.96. The summed E-state index contributed by atoms with van der Waals surface area (Å²) in [4.78, 5) is 23.8. The standard InChI is InChI=1S/C15H20N2O2S/c1-20-13-10-6-5-9-12(13)17-15(19)14(18)16-11-7-3-2-4-8-11/h2-4,7-8,12-13H,5-6,9-10H2,1H3,(H,16,18)(H,17,19)/t12-,13-/m1/s1. The minimum atomic E-state index is -0.596. The van der Waals surface area contributed by atoms with Gasteiger partial charge >= 0.3 is 11.8 Å². The molecule has 0 aromatic heterocycles. The number of hydrogen-bond acceptors (Lipinski definition) is 3. The molecule has 1 fully saturated rings. The zero-order valence-electron chi connectivity index (χ0n) is 11.6. The fourth-order valence-corrected chi connectivity index (χ4v) is 3.42. The third kappa shape index (κ3) is 4.00. The first-order valence-electron chi connectivity index (χ1n) is 6.90. The van der Waals surface area contributed by atoms with E-state index in [1.807, 2.05) is 18.2 Å². The van der Waals surface area contributed by atoms with Crippen molar-refractivity contribution in [1.29, 1.82) is 0 Å². The first-order chi connectivity index (χ1) is 9.70. The van der Waals surface area contributed by atoms with Crippen LogP contribution in [-0.4, -0.2) is 29.4 Å². The molecule has 0 unspecified atom stereocenters. The normalized spacial score (nSPS) is 22.1. The average molecular weight is 292 g/mol. The molecule has 2 rings (SSSR count). The molecular formula is C15H20N2O2S. The predicted molar refractivity (Wildman–Crippen MR) is 82.8 cm³/mol. The number of anilines is 1. The van der Waals surface area contributed by atoms with Crippen LogP contribution in [0.4, 0.5) is 5.69 Å². The van der Waals surface area contributed by atoms with Crippen molar-refractivity contribution >= 4 is 29.3 Å². The molecule has 1 aliphatic carbocycles. The van der Waals surface area contributed by atoms with Gasteiger partial charge in [-0.05, 0) is 31.2 Å². The Morgan fingerprint density at radius 1 is 1.10 bits per heavy atom. The van der Waals surface area contributed by atoms with E-state index in [1.165, 1.54) is 6.42 Å². The number of thioether (sulfide) groups is 1. The van der Waals surface area contributed by atoms with Crippen molar-refractivity contribution in [2.24, 2.45) is 0 Å². The van der Waals surface area contributed by atoms with Gasteiger partial charge in [0.2, 0.25) is 0 Å². The number of rotatable bonds is 3. The summed E-state index contributed by atoms with van der Waals surface area (Å²) in [7, 11) is 0. The predicted octanol–water partition coefficient (Wildman–Crippen LogP) is 2.42. The number of nitrogens with one attached hydrogen (secondary N) is 2. The van der Waals surface area contributed by atoms with E-state index in [9.17, 15) is 9.59 Å². The van der Waals surface area contributed by atoms with Crippen molar-refractivity contribution in [1.82, 2.24) is 5.32 Å². The van der Waals surface area contributed by atoms with E-state index in [0.717, 1.165) is 19.3 Å². The molecule has 5 heteroatoms. The molecule has 2 atom stereocenters. The summed E-state index contributed by atoms with van der Waals surface area (Å²) in [5, 5.41) is 5.89. The van der Waals surface area contributed by atoms with Gasteiger partial charge in [-0.2, -0.15) is 11.8 Å². The zero-order chi connectivity index (χ0) is 14.4. The molecule has 0 heterocycles. The molecule has 1 aromatic rings. The Balaban J connectivity index is 1.89. The van der Waals surface area contributed by atoms with Gasteiger partial charge in [-0.3, -0.25) is 9.59 Å². The van der Waals surface area contributed by atoms with Crippen LogP contribution in [-0.2, 0) is 9.59 Å². The van der Waals surface area contributed by atoms with Gasteiger partial charge in [0.25, 0.3) is 0 Å². The molecule has 108 valence electrons. The van der Waals surface area contributed by atoms with Crippen LogP contribution in [0.25, 0.3) is 0 Å². The molecular weight excluding hydrogens is 272 g/mol. The van der Waals surface area contributed by atoms with Crippen LogP contribution in [0.5, 0.6) is 0 Å². The number of hydrogen-bond donors (Lipinski definition) is 2. The second-order valence-corrected chi connectivity index (χ2v) is 6.04. The summed E-state index contributed by atoms with van der Waals surface area (Å²) in [6.45, 7) is 0. The number of carbonyl (C=O) groups is 2. The highest BCUT2D eigenvalue weighted by Gasteiger charge is 2.27. The van der Waals surface area contributed by atoms with E-state index in [4.69, 9.17) is 0 Å². The van der Waals surface area contributed by atoms with Crippen molar-refractivity contribution < 1.29 is 9.59 Å². The maximum absolute atomic E-state index is 11.9. The van der Waals surface area contributed by atoms with Crippen LogP contribution in [0, 0.1) is 0 Å². The lowest BCUT2D eigenvalue weighted by atomic mass is 9.95. The third-order valence-electron chi connectivity index (χ3n) is 3.56. The summed E-state index contributed by atoms with van der Waals surface area (Å²) < 4.78 is 0. The molecule has 0 spiro atoms. The average Bonchev–Trinajstić information content (AvgIpc) is 2.48. The molecule has 4 nitrogen and oxygen atoms in total. The van der Waals surface area contributed by atoms with E-state index in [-0.39, 0.29) is 6.04 Å². The minimum Gasteiger partial charge on any atom is -0.344 e. The quantitative estimate of drug-likeness (QED) is 0.841. The topological polar surface area (TPSA) is 58.2 Å². The third-order valence-corrected chi connectivity index (χ3v) is 4.73. The lowest BCUT2D eigenvalue weighted by molar-refractivity contribution is -0.136. The maximum Gasteiger partial charge on any atom is 0.313 e. The van der Waals surface area contributed by atoms with Gasteiger partial charge < -0.3 is 10.6 Å². The maximum atomic E-state index is 11.9. The Morgan fingerprint density at radius 2 is 1.80 bits per heavy atom. The lowest BCUT2D eigenvalue weighted by Gasteiger charge is -2.30. The fourth-order valence-electron chi connectivity index (χ4n) is 2.49. The molecule has 1 aromatic carbocycles. The molecule has 0 bridgehead atoms. The highest BCUT2D eigenvalue weighted by molar-refractivity contribution is 7.99. The van der Waals surface area contributed by atoms with E-state index in [0.29, 0.717) is 10.9 Å². The summed E-state index contributed by atoms with van der Waals surface area (Å²) in [5.74, 6) is -1.14. The van der Waals surface area contributed by atoms with Gasteiger partial charge in [-0.25, -0.2) is 0 Å². The summed E-state index contributed by atoms with van der Waals surface area (Å²) >= 11 is 1.77. The Kier molecular flexibility index (Phi) is 5.47. The van der Waals surface area contributed by atoms with Crippen LogP contribution < -0.4 is 10.6 Å². The second kappa shape index (κ2) is 7.33. The molecule has 1 aliphatic rings. The van der Waals surface area contributed by atoms with Crippen molar-refractivity contribution in [2.75, 3.05) is 11.6 Å². The highest BCUT2D eigenvalue weighted by Crippen LogP contribution is 2.27. The Morgan fingerprint density at radius 3 is 2.50 bits per heavy atom. The van der Waals surface area contributed by atoms with Crippen LogP contribution >= 0.6 is 11.8 Å². The SMILES string of the molecule is CS[C@@H]1CCCC[C@H]1NC(=O)C(=O)Nc1ccccc1. The molecule has 20 heavy (non-hydrogen) atoms. The van der Waals surface area contributed by atoms with Gasteiger partial charge in [0, 0.05) is 17.0 Å². The molecule has 2 N–H and O–H groups in total. The first-order valence-corrected chi connectivity index (χ1v) is 8.19. The number of carbonyl (C=O) groups excluding carboxylic acids is 2. The summed E-state index contributed by atoms with van der Waals surface area (Å²) in [5.41, 5.74) is 0.637. The lowest BCUT2D eigenvalue weighted by Crippen LogP contribution is -2.47. The molecule has 0 saturated heterocycles. The van der Waals surface area contributed by atoms with Gasteiger partial charge in [0.1, 0.15) is 0 Å². The largest absolute Gasteiger partial charge is 0.344 e. The van der Waals surface area contributed by atoms with Crippen molar-refractivity contribution in [3.63, 3.8) is 0 Å². The van der Waals surface area contributed by atoms with E-state index in [1.54, 1.807) is 23.9 Å². The number of amides is 2. The van der Waals surface area contributed by atoms with Crippen molar-refractivity contribution in [2.45, 2.75) is 37.0 Å².